The van der Waals surface area contributed by atoms with Crippen LogP contribution in [0.3, 0.4) is 0 Å². The Morgan fingerprint density at radius 1 is 0.794 bits per heavy atom. The Balaban J connectivity index is 1.71. The molecule has 6 heteroatoms. The molecule has 172 valence electrons. The quantitative estimate of drug-likeness (QED) is 0.525. The summed E-state index contributed by atoms with van der Waals surface area (Å²) in [6.45, 7) is 4.55. The summed E-state index contributed by atoms with van der Waals surface area (Å²) in [6.07, 6.45) is 0.809. The average molecular weight is 455 g/mol. The van der Waals surface area contributed by atoms with Crippen LogP contribution in [0.15, 0.2) is 66.4 Å². The zero-order valence-corrected chi connectivity index (χ0v) is 19.7. The van der Waals surface area contributed by atoms with Gasteiger partial charge in [0.1, 0.15) is 5.70 Å². The number of aryl methyl sites for hydroxylation is 2. The standard InChI is InChI=1S/C28H26N2O4/c1-17-13-18(2)15-21(14-17)30-27(31)25(20-9-10-23(33-3)24(16-20)34-4)26(28(30)32)29-12-11-19-7-5-6-8-22(19)29/h5-10,13-16H,11-12H2,1-4H3. The van der Waals surface area contributed by atoms with Crippen LogP contribution < -0.4 is 19.3 Å². The summed E-state index contributed by atoms with van der Waals surface area (Å²) in [5, 5.41) is 0. The third-order valence-corrected chi connectivity index (χ3v) is 6.35. The van der Waals surface area contributed by atoms with Crippen LogP contribution in [-0.4, -0.2) is 32.6 Å². The molecule has 0 unspecified atom stereocenters. The molecule has 0 spiro atoms. The third kappa shape index (κ3) is 3.43. The number of hydrogen-bond acceptors (Lipinski definition) is 5. The molecule has 3 aromatic carbocycles. The fraction of sp³-hybridized carbons (Fsp3) is 0.214. The molecule has 0 fully saturated rings. The van der Waals surface area contributed by atoms with Gasteiger partial charge in [-0.15, -0.1) is 0 Å². The highest BCUT2D eigenvalue weighted by atomic mass is 16.5. The lowest BCUT2D eigenvalue weighted by Crippen LogP contribution is -2.35. The number of methoxy groups -OCH3 is 2. The summed E-state index contributed by atoms with van der Waals surface area (Å²) < 4.78 is 10.9. The monoisotopic (exact) mass is 454 g/mol. The van der Waals surface area contributed by atoms with Gasteiger partial charge in [-0.1, -0.05) is 30.3 Å². The Labute approximate surface area is 199 Å². The van der Waals surface area contributed by atoms with Crippen molar-refractivity contribution in [3.63, 3.8) is 0 Å². The lowest BCUT2D eigenvalue weighted by molar-refractivity contribution is -0.120. The Morgan fingerprint density at radius 2 is 1.50 bits per heavy atom. The smallest absolute Gasteiger partial charge is 0.282 e. The van der Waals surface area contributed by atoms with E-state index in [4.69, 9.17) is 9.47 Å². The molecule has 0 radical (unpaired) electrons. The van der Waals surface area contributed by atoms with Gasteiger partial charge in [-0.05, 0) is 72.9 Å². The van der Waals surface area contributed by atoms with E-state index < -0.39 is 0 Å². The third-order valence-electron chi connectivity index (χ3n) is 6.35. The highest BCUT2D eigenvalue weighted by molar-refractivity contribution is 6.46. The van der Waals surface area contributed by atoms with Gasteiger partial charge in [0.15, 0.2) is 11.5 Å². The number of nitrogens with zero attached hydrogens (tertiary/aromatic N) is 2. The molecule has 0 saturated carbocycles. The molecule has 6 nitrogen and oxygen atoms in total. The highest BCUT2D eigenvalue weighted by Crippen LogP contribution is 2.42. The predicted molar refractivity (Wildman–Crippen MR) is 132 cm³/mol. The highest BCUT2D eigenvalue weighted by Gasteiger charge is 2.44. The van der Waals surface area contributed by atoms with Crippen molar-refractivity contribution < 1.29 is 19.1 Å². The normalized spacial score (nSPS) is 15.3. The van der Waals surface area contributed by atoms with Crippen LogP contribution >= 0.6 is 0 Å². The van der Waals surface area contributed by atoms with Crippen molar-refractivity contribution in [3.05, 3.63) is 88.6 Å². The van der Waals surface area contributed by atoms with Gasteiger partial charge < -0.3 is 14.4 Å². The van der Waals surface area contributed by atoms with E-state index in [0.717, 1.165) is 28.8 Å². The number of para-hydroxylation sites is 1. The fourth-order valence-electron chi connectivity index (χ4n) is 4.91. The second kappa shape index (κ2) is 8.37. The molecule has 2 aliphatic heterocycles. The van der Waals surface area contributed by atoms with Crippen LogP contribution in [0.2, 0.25) is 0 Å². The van der Waals surface area contributed by atoms with Gasteiger partial charge in [0.25, 0.3) is 11.8 Å². The Kier molecular flexibility index (Phi) is 5.36. The molecule has 0 aliphatic carbocycles. The van der Waals surface area contributed by atoms with E-state index in [1.807, 2.05) is 55.1 Å². The van der Waals surface area contributed by atoms with Crippen molar-refractivity contribution in [2.24, 2.45) is 0 Å². The van der Waals surface area contributed by atoms with E-state index >= 15 is 0 Å². The van der Waals surface area contributed by atoms with Crippen molar-refractivity contribution in [2.75, 3.05) is 30.6 Å². The number of amides is 2. The van der Waals surface area contributed by atoms with Crippen molar-refractivity contribution in [1.29, 1.82) is 0 Å². The number of benzene rings is 3. The zero-order valence-electron chi connectivity index (χ0n) is 19.7. The summed E-state index contributed by atoms with van der Waals surface area (Å²) in [4.78, 5) is 31.1. The van der Waals surface area contributed by atoms with Crippen LogP contribution in [0.25, 0.3) is 5.57 Å². The lowest BCUT2D eigenvalue weighted by Gasteiger charge is -2.22. The van der Waals surface area contributed by atoms with E-state index in [9.17, 15) is 9.59 Å². The molecule has 0 bridgehead atoms. The first kappa shape index (κ1) is 21.8. The predicted octanol–water partition coefficient (Wildman–Crippen LogP) is 4.67. The number of carbonyl (C=O) groups is 2. The maximum atomic E-state index is 13.9. The number of imide groups is 1. The van der Waals surface area contributed by atoms with Gasteiger partial charge in [-0.2, -0.15) is 0 Å². The zero-order chi connectivity index (χ0) is 24.0. The number of anilines is 2. The van der Waals surface area contributed by atoms with E-state index in [-0.39, 0.29) is 11.8 Å². The van der Waals surface area contributed by atoms with Crippen LogP contribution in [-0.2, 0) is 16.0 Å². The van der Waals surface area contributed by atoms with Crippen molar-refractivity contribution in [3.8, 4) is 11.5 Å². The van der Waals surface area contributed by atoms with Gasteiger partial charge in [0.05, 0.1) is 25.5 Å². The maximum Gasteiger partial charge on any atom is 0.282 e. The Bertz CT molecular complexity index is 1340. The molecule has 2 heterocycles. The molecule has 0 atom stereocenters. The Hall–Kier alpha value is -4.06. The number of carbonyl (C=O) groups excluding carboxylic acids is 2. The van der Waals surface area contributed by atoms with Crippen molar-refractivity contribution in [2.45, 2.75) is 20.3 Å². The summed E-state index contributed by atoms with van der Waals surface area (Å²) in [6, 6.07) is 19.1. The second-order valence-electron chi connectivity index (χ2n) is 8.62. The molecule has 2 amide bonds. The van der Waals surface area contributed by atoms with Gasteiger partial charge in [0.2, 0.25) is 0 Å². The van der Waals surface area contributed by atoms with Crippen LogP contribution in [0, 0.1) is 13.8 Å². The van der Waals surface area contributed by atoms with Gasteiger partial charge in [-0.3, -0.25) is 9.59 Å². The second-order valence-corrected chi connectivity index (χ2v) is 8.62. The Morgan fingerprint density at radius 3 is 2.21 bits per heavy atom. The molecule has 34 heavy (non-hydrogen) atoms. The summed E-state index contributed by atoms with van der Waals surface area (Å²) in [5.74, 6) is 0.389. The topological polar surface area (TPSA) is 59.1 Å². The van der Waals surface area contributed by atoms with Gasteiger partial charge >= 0.3 is 0 Å². The summed E-state index contributed by atoms with van der Waals surface area (Å²) in [5.41, 5.74) is 6.04. The van der Waals surface area contributed by atoms with Crippen LogP contribution in [0.1, 0.15) is 22.3 Å². The van der Waals surface area contributed by atoms with Crippen molar-refractivity contribution in [1.82, 2.24) is 0 Å². The molecular formula is C28H26N2O4. The van der Waals surface area contributed by atoms with Crippen LogP contribution in [0.4, 0.5) is 11.4 Å². The lowest BCUT2D eigenvalue weighted by atomic mass is 10.0. The molecule has 5 rings (SSSR count). The first-order chi connectivity index (χ1) is 16.4. The van der Waals surface area contributed by atoms with E-state index in [2.05, 4.69) is 6.07 Å². The largest absolute Gasteiger partial charge is 0.493 e. The van der Waals surface area contributed by atoms with Gasteiger partial charge in [-0.25, -0.2) is 4.90 Å². The van der Waals surface area contributed by atoms with E-state index in [1.54, 1.807) is 32.4 Å². The molecular weight excluding hydrogens is 428 g/mol. The molecule has 0 aromatic heterocycles. The first-order valence-electron chi connectivity index (χ1n) is 11.2. The first-order valence-corrected chi connectivity index (χ1v) is 11.2. The number of ether oxygens (including phenoxy) is 2. The number of hydrogen-bond donors (Lipinski definition) is 0. The van der Waals surface area contributed by atoms with Gasteiger partial charge in [0, 0.05) is 12.2 Å². The van der Waals surface area contributed by atoms with Crippen LogP contribution in [0.5, 0.6) is 11.5 Å². The summed E-state index contributed by atoms with van der Waals surface area (Å²) in [7, 11) is 3.12. The fourth-order valence-corrected chi connectivity index (χ4v) is 4.91. The molecule has 0 saturated heterocycles. The SMILES string of the molecule is COc1ccc(C2=C(N3CCc4ccccc43)C(=O)N(c3cc(C)cc(C)c3)C2=O)cc1OC. The van der Waals surface area contributed by atoms with E-state index in [1.165, 1.54) is 4.90 Å². The van der Waals surface area contributed by atoms with E-state index in [0.29, 0.717) is 40.6 Å². The molecule has 3 aromatic rings. The minimum absolute atomic E-state index is 0.323. The average Bonchev–Trinajstić information content (AvgIpc) is 3.35. The maximum absolute atomic E-state index is 13.9. The minimum Gasteiger partial charge on any atom is -0.493 e. The molecule has 0 N–H and O–H groups in total. The number of fused-ring (bicyclic) bond motifs is 1. The summed E-state index contributed by atoms with van der Waals surface area (Å²) >= 11 is 0. The molecule has 2 aliphatic rings. The van der Waals surface area contributed by atoms with Crippen molar-refractivity contribution >= 4 is 28.8 Å². The minimum atomic E-state index is -0.346. The number of rotatable bonds is 5.